The minimum Gasteiger partial charge on any atom is -0.293 e. The lowest BCUT2D eigenvalue weighted by Gasteiger charge is -2.05. The maximum absolute atomic E-state index is 12.3. The van der Waals surface area contributed by atoms with E-state index < -0.39 is 0 Å². The summed E-state index contributed by atoms with van der Waals surface area (Å²) < 4.78 is 1.53. The van der Waals surface area contributed by atoms with E-state index in [1.165, 1.54) is 4.52 Å². The molecule has 0 unspecified atom stereocenters. The number of H-pyrrole nitrogens is 1. The first kappa shape index (κ1) is 13.6. The van der Waals surface area contributed by atoms with Crippen LogP contribution in [0.5, 0.6) is 0 Å². The summed E-state index contributed by atoms with van der Waals surface area (Å²) in [5.74, 6) is 0.472. The molecular formula is C17H19N3O. The summed E-state index contributed by atoms with van der Waals surface area (Å²) in [4.78, 5) is 17.0. The molecule has 0 fully saturated rings. The maximum atomic E-state index is 12.3. The molecular weight excluding hydrogens is 262 g/mol. The van der Waals surface area contributed by atoms with E-state index in [4.69, 9.17) is 4.98 Å². The topological polar surface area (TPSA) is 50.2 Å². The highest BCUT2D eigenvalue weighted by molar-refractivity contribution is 5.79. The summed E-state index contributed by atoms with van der Waals surface area (Å²) in [6.45, 7) is 6.23. The van der Waals surface area contributed by atoms with Gasteiger partial charge < -0.3 is 0 Å². The third-order valence-electron chi connectivity index (χ3n) is 3.53. The summed E-state index contributed by atoms with van der Waals surface area (Å²) in [7, 11) is 0. The molecule has 0 saturated heterocycles. The van der Waals surface area contributed by atoms with Gasteiger partial charge in [0.25, 0.3) is 5.56 Å². The number of hydrogen-bond donors (Lipinski definition) is 1. The van der Waals surface area contributed by atoms with E-state index in [1.807, 2.05) is 37.3 Å². The Balaban J connectivity index is 2.27. The van der Waals surface area contributed by atoms with Gasteiger partial charge in [-0.05, 0) is 24.8 Å². The fraction of sp³-hybridized carbons (Fsp3) is 0.294. The molecule has 4 nitrogen and oxygen atoms in total. The van der Waals surface area contributed by atoms with Gasteiger partial charge in [-0.1, -0.05) is 44.2 Å². The molecule has 1 N–H and O–H groups in total. The van der Waals surface area contributed by atoms with Crippen LogP contribution in [0.25, 0.3) is 16.8 Å². The molecule has 21 heavy (non-hydrogen) atoms. The number of nitrogens with zero attached hydrogens (tertiary/aromatic N) is 2. The Hall–Kier alpha value is -2.36. The van der Waals surface area contributed by atoms with Gasteiger partial charge in [0.2, 0.25) is 0 Å². The Kier molecular flexibility index (Phi) is 3.37. The molecule has 0 aliphatic carbocycles. The van der Waals surface area contributed by atoms with Gasteiger partial charge in [0.1, 0.15) is 0 Å². The standard InChI is InChI=1S/C17H19N3O/c1-11(2)9-14-10-15(21)20-17(18-14)16(12(3)19-20)13-7-5-4-6-8-13/h4-8,10-11,19H,9H2,1-3H3. The molecule has 3 aromatic rings. The third-order valence-corrected chi connectivity index (χ3v) is 3.53. The lowest BCUT2D eigenvalue weighted by Crippen LogP contribution is -2.16. The van der Waals surface area contributed by atoms with Crippen molar-refractivity contribution in [3.05, 3.63) is 58.1 Å². The van der Waals surface area contributed by atoms with Crippen molar-refractivity contribution < 1.29 is 0 Å². The number of fused-ring (bicyclic) bond motifs is 1. The second-order valence-corrected chi connectivity index (χ2v) is 5.82. The lowest BCUT2D eigenvalue weighted by molar-refractivity contribution is 0.633. The highest BCUT2D eigenvalue weighted by Crippen LogP contribution is 2.26. The molecule has 0 atom stereocenters. The molecule has 0 saturated carbocycles. The Morgan fingerprint density at radius 3 is 2.62 bits per heavy atom. The average molecular weight is 281 g/mol. The number of aromatic amines is 1. The summed E-state index contributed by atoms with van der Waals surface area (Å²) in [5, 5.41) is 3.12. The van der Waals surface area contributed by atoms with Crippen molar-refractivity contribution >= 4 is 5.65 Å². The monoisotopic (exact) mass is 281 g/mol. The highest BCUT2D eigenvalue weighted by atomic mass is 16.1. The van der Waals surface area contributed by atoms with Crippen LogP contribution >= 0.6 is 0 Å². The molecule has 2 heterocycles. The molecule has 108 valence electrons. The van der Waals surface area contributed by atoms with Crippen molar-refractivity contribution in [1.29, 1.82) is 0 Å². The number of aryl methyl sites for hydroxylation is 1. The van der Waals surface area contributed by atoms with E-state index in [0.717, 1.165) is 28.9 Å². The van der Waals surface area contributed by atoms with Crippen LogP contribution in [0.2, 0.25) is 0 Å². The third kappa shape index (κ3) is 2.49. The summed E-state index contributed by atoms with van der Waals surface area (Å²) in [6, 6.07) is 11.7. The largest absolute Gasteiger partial charge is 0.293 e. The molecule has 4 heteroatoms. The summed E-state index contributed by atoms with van der Waals surface area (Å²) in [6.07, 6.45) is 0.810. The Morgan fingerprint density at radius 1 is 1.24 bits per heavy atom. The van der Waals surface area contributed by atoms with E-state index in [1.54, 1.807) is 6.07 Å². The minimum atomic E-state index is -0.0547. The van der Waals surface area contributed by atoms with Crippen molar-refractivity contribution in [2.24, 2.45) is 5.92 Å². The van der Waals surface area contributed by atoms with Crippen molar-refractivity contribution in [3.63, 3.8) is 0 Å². The van der Waals surface area contributed by atoms with Crippen LogP contribution in [0.4, 0.5) is 0 Å². The van der Waals surface area contributed by atoms with Crippen LogP contribution in [0, 0.1) is 12.8 Å². The molecule has 3 rings (SSSR count). The van der Waals surface area contributed by atoms with E-state index in [2.05, 4.69) is 18.9 Å². The van der Waals surface area contributed by atoms with Gasteiger partial charge >= 0.3 is 0 Å². The highest BCUT2D eigenvalue weighted by Gasteiger charge is 2.14. The number of rotatable bonds is 3. The Morgan fingerprint density at radius 2 is 1.95 bits per heavy atom. The molecule has 2 aromatic heterocycles. The first-order chi connectivity index (χ1) is 10.1. The Labute approximate surface area is 123 Å². The number of nitrogens with one attached hydrogen (secondary N) is 1. The number of hydrogen-bond acceptors (Lipinski definition) is 2. The summed E-state index contributed by atoms with van der Waals surface area (Å²) in [5.41, 5.74) is 4.53. The van der Waals surface area contributed by atoms with E-state index in [-0.39, 0.29) is 5.56 Å². The number of benzene rings is 1. The van der Waals surface area contributed by atoms with Crippen LogP contribution in [0.3, 0.4) is 0 Å². The second kappa shape index (κ2) is 5.20. The predicted octanol–water partition coefficient (Wildman–Crippen LogP) is 3.20. The predicted molar refractivity (Wildman–Crippen MR) is 84.5 cm³/mol. The van der Waals surface area contributed by atoms with E-state index >= 15 is 0 Å². The van der Waals surface area contributed by atoms with Crippen molar-refractivity contribution in [3.8, 4) is 11.1 Å². The fourth-order valence-corrected chi connectivity index (χ4v) is 2.67. The first-order valence-corrected chi connectivity index (χ1v) is 7.23. The van der Waals surface area contributed by atoms with Crippen molar-refractivity contribution in [1.82, 2.24) is 14.6 Å². The molecule has 0 aliphatic rings. The normalized spacial score (nSPS) is 11.4. The molecule has 0 bridgehead atoms. The number of aromatic nitrogens is 3. The Bertz CT molecular complexity index is 828. The van der Waals surface area contributed by atoms with Crippen LogP contribution in [-0.2, 0) is 6.42 Å². The van der Waals surface area contributed by atoms with Gasteiger partial charge in [-0.2, -0.15) is 0 Å². The molecule has 0 radical (unpaired) electrons. The molecule has 0 spiro atoms. The molecule has 1 aromatic carbocycles. The van der Waals surface area contributed by atoms with Crippen molar-refractivity contribution in [2.75, 3.05) is 0 Å². The van der Waals surface area contributed by atoms with Crippen molar-refractivity contribution in [2.45, 2.75) is 27.2 Å². The van der Waals surface area contributed by atoms with E-state index in [0.29, 0.717) is 11.6 Å². The van der Waals surface area contributed by atoms with E-state index in [9.17, 15) is 4.79 Å². The van der Waals surface area contributed by atoms with Crippen LogP contribution in [-0.4, -0.2) is 14.6 Å². The zero-order valence-electron chi connectivity index (χ0n) is 12.6. The van der Waals surface area contributed by atoms with Gasteiger partial charge in [-0.25, -0.2) is 9.50 Å². The van der Waals surface area contributed by atoms with Gasteiger partial charge in [0.05, 0.1) is 0 Å². The van der Waals surface area contributed by atoms with Crippen LogP contribution in [0.1, 0.15) is 25.2 Å². The quantitative estimate of drug-likeness (QED) is 0.801. The fourth-order valence-electron chi connectivity index (χ4n) is 2.67. The van der Waals surface area contributed by atoms with Gasteiger partial charge in [0.15, 0.2) is 5.65 Å². The van der Waals surface area contributed by atoms with Crippen LogP contribution in [0.15, 0.2) is 41.2 Å². The zero-order valence-corrected chi connectivity index (χ0v) is 12.6. The van der Waals surface area contributed by atoms with Gasteiger partial charge in [-0.3, -0.25) is 9.89 Å². The maximum Gasteiger partial charge on any atom is 0.272 e. The van der Waals surface area contributed by atoms with Gasteiger partial charge in [0, 0.05) is 23.0 Å². The smallest absolute Gasteiger partial charge is 0.272 e. The second-order valence-electron chi connectivity index (χ2n) is 5.82. The zero-order chi connectivity index (χ0) is 15.0. The van der Waals surface area contributed by atoms with Gasteiger partial charge in [-0.15, -0.1) is 0 Å². The lowest BCUT2D eigenvalue weighted by atomic mass is 10.1. The minimum absolute atomic E-state index is 0.0547. The average Bonchev–Trinajstić information content (AvgIpc) is 2.76. The molecule has 0 aliphatic heterocycles. The SMILES string of the molecule is Cc1[nH]n2c(=O)cc(CC(C)C)nc2c1-c1ccccc1. The molecule has 0 amide bonds. The first-order valence-electron chi connectivity index (χ1n) is 7.23. The summed E-state index contributed by atoms with van der Waals surface area (Å²) >= 11 is 0. The van der Waals surface area contributed by atoms with Crippen LogP contribution < -0.4 is 5.56 Å².